The summed E-state index contributed by atoms with van der Waals surface area (Å²) in [5, 5.41) is 6.90. The molecule has 0 N–H and O–H groups in total. The second kappa shape index (κ2) is 16.6. The second-order valence-electron chi connectivity index (χ2n) is 7.31. The van der Waals surface area contributed by atoms with Crippen LogP contribution in [-0.2, 0) is 38.7 Å². The van der Waals surface area contributed by atoms with Gasteiger partial charge < -0.3 is 14.9 Å². The fourth-order valence-corrected chi connectivity index (χ4v) is 3.97. The fraction of sp³-hybridized carbons (Fsp3) is 0.161. The van der Waals surface area contributed by atoms with Gasteiger partial charge in [0.15, 0.2) is 0 Å². The van der Waals surface area contributed by atoms with E-state index in [4.69, 9.17) is 0 Å². The molecule has 5 aromatic carbocycles. The Labute approximate surface area is 223 Å². The zero-order valence-corrected chi connectivity index (χ0v) is 25.3. The van der Waals surface area contributed by atoms with Crippen LogP contribution >= 0.6 is 0 Å². The van der Waals surface area contributed by atoms with E-state index < -0.39 is 0 Å². The van der Waals surface area contributed by atoms with E-state index in [1.54, 1.807) is 0 Å². The summed E-state index contributed by atoms with van der Waals surface area (Å²) >= 11 is 0. The van der Waals surface area contributed by atoms with E-state index >= 15 is 0 Å². The first-order valence-electron chi connectivity index (χ1n) is 10.7. The summed E-state index contributed by atoms with van der Waals surface area (Å²) < 4.78 is 0. The molecule has 5 aromatic rings. The van der Waals surface area contributed by atoms with Gasteiger partial charge in [-0.3, -0.25) is 0 Å². The van der Waals surface area contributed by atoms with Crippen LogP contribution in [0.4, 0.5) is 0 Å². The molecule has 168 valence electrons. The minimum absolute atomic E-state index is 0. The maximum Gasteiger partial charge on any atom is 4.00 e. The zero-order valence-electron chi connectivity index (χ0n) is 20.7. The normalized spacial score (nSPS) is 9.30. The molecule has 0 aliphatic carbocycles. The fourth-order valence-electron chi connectivity index (χ4n) is 3.44. The Balaban J connectivity index is 0.000000451. The van der Waals surface area contributed by atoms with Crippen molar-refractivity contribution in [3.63, 3.8) is 0 Å². The molecule has 33 heavy (non-hydrogen) atoms. The van der Waals surface area contributed by atoms with Crippen LogP contribution in [0, 0.1) is 14.9 Å². The van der Waals surface area contributed by atoms with Gasteiger partial charge in [-0.1, -0.05) is 68.0 Å². The molecule has 0 fully saturated rings. The number of benzene rings is 3. The van der Waals surface area contributed by atoms with Crippen molar-refractivity contribution in [2.45, 2.75) is 33.2 Å². The van der Waals surface area contributed by atoms with E-state index in [9.17, 15) is 0 Å². The quantitative estimate of drug-likeness (QED) is 0.142. The average molecular weight is 615 g/mol. The van der Waals surface area contributed by atoms with Crippen LogP contribution < -0.4 is 5.19 Å². The summed E-state index contributed by atoms with van der Waals surface area (Å²) in [5.41, 5.74) is 2.87. The number of rotatable bonds is 3. The number of fused-ring (bicyclic) bond motifs is 2. The van der Waals surface area contributed by atoms with Crippen LogP contribution in [0.1, 0.15) is 25.0 Å². The summed E-state index contributed by atoms with van der Waals surface area (Å²) in [6.45, 7) is 6.57. The van der Waals surface area contributed by atoms with Crippen molar-refractivity contribution in [2.24, 2.45) is 0 Å². The number of hydrogen-bond acceptors (Lipinski definition) is 0. The maximum absolute atomic E-state index is 2.26. The van der Waals surface area contributed by atoms with Crippen LogP contribution in [0.3, 0.4) is 0 Å². The predicted molar refractivity (Wildman–Crippen MR) is 148 cm³/mol. The molecule has 0 nitrogen and oxygen atoms in total. The molecular formula is C31H36HfSi. The molecule has 2 heteroatoms. The average Bonchev–Trinajstić information content (AvgIpc) is 3.44. The maximum atomic E-state index is 2.26. The van der Waals surface area contributed by atoms with E-state index in [1.807, 2.05) is 6.07 Å². The van der Waals surface area contributed by atoms with Gasteiger partial charge in [0.1, 0.15) is 0 Å². The summed E-state index contributed by atoms with van der Waals surface area (Å²) in [5.74, 6) is 0. The molecule has 0 unspecified atom stereocenters. The Kier molecular flexibility index (Phi) is 15.5. The van der Waals surface area contributed by atoms with Crippen molar-refractivity contribution < 1.29 is 25.8 Å². The van der Waals surface area contributed by atoms with Gasteiger partial charge in [0.05, 0.1) is 9.52 Å². The molecule has 0 bridgehead atoms. The van der Waals surface area contributed by atoms with Crippen LogP contribution in [-0.4, -0.2) is 9.52 Å². The third-order valence-corrected chi connectivity index (χ3v) is 6.15. The third kappa shape index (κ3) is 9.39. The minimum atomic E-state index is 0. The molecule has 0 aliphatic rings. The SMILES string of the molecule is CCc1cc2ccccc2[cH-]1.CCc1cc2ccccc2[cH-]1.C[Si]c1ccccc1.[CH3-].[CH3-].[Hf+4]. The van der Waals surface area contributed by atoms with Crippen molar-refractivity contribution in [3.8, 4) is 0 Å². The van der Waals surface area contributed by atoms with E-state index in [0.717, 1.165) is 22.4 Å². The first kappa shape index (κ1) is 31.0. The molecule has 0 aliphatic heterocycles. The Morgan fingerprint density at radius 1 is 0.606 bits per heavy atom. The van der Waals surface area contributed by atoms with Gasteiger partial charge in [-0.15, -0.1) is 81.2 Å². The number of aryl methyl sites for hydroxylation is 2. The Hall–Kier alpha value is -2.03. The van der Waals surface area contributed by atoms with Crippen molar-refractivity contribution in [3.05, 3.63) is 129 Å². The molecule has 0 saturated carbocycles. The van der Waals surface area contributed by atoms with Crippen molar-refractivity contribution in [1.29, 1.82) is 0 Å². The first-order chi connectivity index (χ1) is 14.7. The first-order valence-corrected chi connectivity index (χ1v) is 12.2. The summed E-state index contributed by atoms with van der Waals surface area (Å²) in [6, 6.07) is 36.5. The molecule has 0 aromatic heterocycles. The van der Waals surface area contributed by atoms with Gasteiger partial charge in [0.2, 0.25) is 0 Å². The van der Waals surface area contributed by atoms with Crippen molar-refractivity contribution in [1.82, 2.24) is 0 Å². The summed E-state index contributed by atoms with van der Waals surface area (Å²) in [4.78, 5) is 0. The van der Waals surface area contributed by atoms with Crippen molar-refractivity contribution in [2.75, 3.05) is 0 Å². The van der Waals surface area contributed by atoms with Crippen LogP contribution in [0.5, 0.6) is 0 Å². The predicted octanol–water partition coefficient (Wildman–Crippen LogP) is 8.20. The van der Waals surface area contributed by atoms with Gasteiger partial charge in [0.25, 0.3) is 0 Å². The minimum Gasteiger partial charge on any atom is -0.358 e. The second-order valence-corrected chi connectivity index (χ2v) is 8.39. The summed E-state index contributed by atoms with van der Waals surface area (Å²) in [7, 11) is 0.930. The van der Waals surface area contributed by atoms with Gasteiger partial charge >= 0.3 is 25.8 Å². The topological polar surface area (TPSA) is 0 Å². The Bertz CT molecular complexity index is 1010. The van der Waals surface area contributed by atoms with E-state index in [1.165, 1.54) is 37.9 Å². The van der Waals surface area contributed by atoms with Crippen molar-refractivity contribution >= 4 is 36.3 Å². The smallest absolute Gasteiger partial charge is 0.358 e. The Morgan fingerprint density at radius 2 is 1.00 bits per heavy atom. The van der Waals surface area contributed by atoms with E-state index in [2.05, 4.69) is 117 Å². The molecule has 0 amide bonds. The van der Waals surface area contributed by atoms with Gasteiger partial charge in [-0.25, -0.2) is 0 Å². The van der Waals surface area contributed by atoms with E-state index in [0.29, 0.717) is 0 Å². The molecule has 0 saturated heterocycles. The van der Waals surface area contributed by atoms with Crippen LogP contribution in [0.2, 0.25) is 6.55 Å². The molecule has 0 atom stereocenters. The third-order valence-electron chi connectivity index (χ3n) is 5.23. The van der Waals surface area contributed by atoms with E-state index in [-0.39, 0.29) is 40.7 Å². The monoisotopic (exact) mass is 616 g/mol. The zero-order chi connectivity index (χ0) is 21.2. The van der Waals surface area contributed by atoms with Gasteiger partial charge in [-0.2, -0.15) is 12.1 Å². The molecule has 2 radical (unpaired) electrons. The van der Waals surface area contributed by atoms with Crippen LogP contribution in [0.15, 0.2) is 103 Å². The summed E-state index contributed by atoms with van der Waals surface area (Å²) in [6.07, 6.45) is 2.27. The van der Waals surface area contributed by atoms with Crippen LogP contribution in [0.25, 0.3) is 21.5 Å². The van der Waals surface area contributed by atoms with Gasteiger partial charge in [0, 0.05) is 0 Å². The molecule has 0 heterocycles. The number of hydrogen-bond donors (Lipinski definition) is 0. The molecular weight excluding hydrogens is 579 g/mol. The Morgan fingerprint density at radius 3 is 1.33 bits per heavy atom. The molecule has 0 spiro atoms. The van der Waals surface area contributed by atoms with Gasteiger partial charge in [-0.05, 0) is 12.8 Å². The standard InChI is InChI=1S/2C11H11.C7H8Si.2CH3.Hf/c2*1-2-9-7-10-5-3-4-6-11(10)8-9;1-8-7-5-3-2-4-6-7;;;/h2*3-8H,2H2,1H3;2-6H,1H3;2*1H3;/q2*-1;;2*-1;+4. The largest absolute Gasteiger partial charge is 4.00 e. The molecule has 5 rings (SSSR count).